The highest BCUT2D eigenvalue weighted by atomic mass is 32.2. The van der Waals surface area contributed by atoms with Crippen LogP contribution in [-0.4, -0.2) is 33.6 Å². The van der Waals surface area contributed by atoms with Crippen molar-refractivity contribution in [2.24, 2.45) is 11.1 Å². The van der Waals surface area contributed by atoms with Crippen molar-refractivity contribution in [2.75, 3.05) is 7.11 Å². The summed E-state index contributed by atoms with van der Waals surface area (Å²) in [5, 5.41) is 10.1. The number of esters is 1. The predicted octanol–water partition coefficient (Wildman–Crippen LogP) is 0.331. The van der Waals surface area contributed by atoms with E-state index >= 15 is 0 Å². The zero-order valence-electron chi connectivity index (χ0n) is 13.2. The van der Waals surface area contributed by atoms with Crippen molar-refractivity contribution in [3.05, 3.63) is 29.8 Å². The highest BCUT2D eigenvalue weighted by molar-refractivity contribution is 7.89. The van der Waals surface area contributed by atoms with Gasteiger partial charge in [0.05, 0.1) is 12.0 Å². The number of rotatable bonds is 6. The van der Waals surface area contributed by atoms with Crippen LogP contribution in [-0.2, 0) is 26.1 Å². The van der Waals surface area contributed by atoms with Gasteiger partial charge in [-0.3, -0.25) is 0 Å². The summed E-state index contributed by atoms with van der Waals surface area (Å²) in [5.41, 5.74) is 0.687. The van der Waals surface area contributed by atoms with Crippen LogP contribution in [0.25, 0.3) is 0 Å². The molecule has 4 N–H and O–H groups in total. The molecule has 0 saturated heterocycles. The number of hydrogen-bond acceptors (Lipinski definition) is 5. The summed E-state index contributed by atoms with van der Waals surface area (Å²) in [6.45, 7) is 3.74. The van der Waals surface area contributed by atoms with E-state index in [1.165, 1.54) is 19.2 Å². The minimum atomic E-state index is -3.74. The Balaban J connectivity index is 2.60. The highest BCUT2D eigenvalue weighted by Crippen LogP contribution is 2.08. The molecule has 9 heteroatoms. The van der Waals surface area contributed by atoms with Crippen LogP contribution < -0.4 is 15.8 Å². The van der Waals surface area contributed by atoms with Crippen LogP contribution in [0.2, 0.25) is 0 Å². The van der Waals surface area contributed by atoms with E-state index in [1.54, 1.807) is 26.0 Å². The van der Waals surface area contributed by atoms with E-state index in [1.807, 2.05) is 0 Å². The van der Waals surface area contributed by atoms with Gasteiger partial charge in [0, 0.05) is 6.54 Å². The summed E-state index contributed by atoms with van der Waals surface area (Å²) in [4.78, 5) is 23.4. The number of amides is 2. The fourth-order valence-corrected chi connectivity index (χ4v) is 2.31. The molecule has 8 nitrogen and oxygen atoms in total. The molecule has 23 heavy (non-hydrogen) atoms. The summed E-state index contributed by atoms with van der Waals surface area (Å²) in [6, 6.07) is 4.53. The Morgan fingerprint density at radius 3 is 2.22 bits per heavy atom. The lowest BCUT2D eigenvalue weighted by molar-refractivity contribution is -0.143. The third-order valence-corrected chi connectivity index (χ3v) is 4.04. The predicted molar refractivity (Wildman–Crippen MR) is 83.8 cm³/mol. The van der Waals surface area contributed by atoms with Crippen LogP contribution >= 0.6 is 0 Å². The van der Waals surface area contributed by atoms with Crippen LogP contribution in [0, 0.1) is 5.92 Å². The first-order chi connectivity index (χ1) is 10.6. The molecule has 0 saturated carbocycles. The first-order valence-corrected chi connectivity index (χ1v) is 8.43. The molecular formula is C14H21N3O5S. The van der Waals surface area contributed by atoms with Crippen molar-refractivity contribution in [1.29, 1.82) is 0 Å². The Morgan fingerprint density at radius 2 is 1.78 bits per heavy atom. The number of hydrogen-bond donors (Lipinski definition) is 3. The molecule has 0 aliphatic heterocycles. The Hall–Kier alpha value is -2.13. The molecule has 0 aromatic heterocycles. The molecule has 0 spiro atoms. The zero-order valence-corrected chi connectivity index (χ0v) is 14.0. The fraction of sp³-hybridized carbons (Fsp3) is 0.429. The van der Waals surface area contributed by atoms with Crippen molar-refractivity contribution in [1.82, 2.24) is 10.6 Å². The Kier molecular flexibility index (Phi) is 6.52. The van der Waals surface area contributed by atoms with Gasteiger partial charge in [0.2, 0.25) is 10.0 Å². The topological polar surface area (TPSA) is 128 Å². The van der Waals surface area contributed by atoms with Crippen molar-refractivity contribution in [3.63, 3.8) is 0 Å². The van der Waals surface area contributed by atoms with Gasteiger partial charge >= 0.3 is 12.0 Å². The standard InChI is InChI=1S/C14H21N3O5S/c1-9(2)12(13(18)22-3)17-14(19)16-8-10-4-6-11(7-5-10)23(15,20)21/h4-7,9,12H,8H2,1-3H3,(H2,15,20,21)(H2,16,17,19). The maximum Gasteiger partial charge on any atom is 0.328 e. The Bertz CT molecular complexity index is 655. The lowest BCUT2D eigenvalue weighted by atomic mass is 10.1. The average Bonchev–Trinajstić information content (AvgIpc) is 2.49. The van der Waals surface area contributed by atoms with Crippen molar-refractivity contribution in [3.8, 4) is 0 Å². The van der Waals surface area contributed by atoms with E-state index in [0.29, 0.717) is 5.56 Å². The number of nitrogens with one attached hydrogen (secondary N) is 2. The molecule has 1 aromatic carbocycles. The lowest BCUT2D eigenvalue weighted by Gasteiger charge is -2.20. The first-order valence-electron chi connectivity index (χ1n) is 6.89. The molecule has 0 heterocycles. The van der Waals surface area contributed by atoms with E-state index in [-0.39, 0.29) is 17.4 Å². The zero-order chi connectivity index (χ0) is 17.6. The largest absolute Gasteiger partial charge is 0.467 e. The van der Waals surface area contributed by atoms with Crippen LogP contribution in [0.4, 0.5) is 4.79 Å². The van der Waals surface area contributed by atoms with Crippen LogP contribution in [0.1, 0.15) is 19.4 Å². The second-order valence-electron chi connectivity index (χ2n) is 5.26. The summed E-state index contributed by atoms with van der Waals surface area (Å²) in [5.74, 6) is -0.644. The summed E-state index contributed by atoms with van der Waals surface area (Å²) >= 11 is 0. The molecule has 128 valence electrons. The molecule has 0 radical (unpaired) electrons. The third-order valence-electron chi connectivity index (χ3n) is 3.11. The number of carbonyl (C=O) groups excluding carboxylic acids is 2. The van der Waals surface area contributed by atoms with E-state index < -0.39 is 28.1 Å². The van der Waals surface area contributed by atoms with E-state index in [0.717, 1.165) is 0 Å². The number of urea groups is 1. The quantitative estimate of drug-likeness (QED) is 0.641. The molecule has 1 unspecified atom stereocenters. The lowest BCUT2D eigenvalue weighted by Crippen LogP contribution is -2.48. The van der Waals surface area contributed by atoms with Gasteiger partial charge in [0.1, 0.15) is 6.04 Å². The second-order valence-corrected chi connectivity index (χ2v) is 6.82. The molecule has 2 amide bonds. The van der Waals surface area contributed by atoms with Crippen molar-refractivity contribution >= 4 is 22.0 Å². The number of benzene rings is 1. The number of carbonyl (C=O) groups is 2. The van der Waals surface area contributed by atoms with Crippen molar-refractivity contribution < 1.29 is 22.7 Å². The molecule has 1 rings (SSSR count). The van der Waals surface area contributed by atoms with Gasteiger partial charge in [-0.1, -0.05) is 26.0 Å². The number of primary sulfonamides is 1. The maximum absolute atomic E-state index is 11.8. The highest BCUT2D eigenvalue weighted by Gasteiger charge is 2.24. The molecule has 1 aromatic rings. The van der Waals surface area contributed by atoms with Gasteiger partial charge in [-0.25, -0.2) is 23.1 Å². The minimum absolute atomic E-state index is 0.00346. The Labute approximate surface area is 135 Å². The van der Waals surface area contributed by atoms with Gasteiger partial charge in [-0.05, 0) is 23.6 Å². The normalized spacial score (nSPS) is 12.6. The molecule has 0 bridgehead atoms. The first kappa shape index (κ1) is 18.9. The van der Waals surface area contributed by atoms with Gasteiger partial charge < -0.3 is 15.4 Å². The van der Waals surface area contributed by atoms with E-state index in [9.17, 15) is 18.0 Å². The van der Waals surface area contributed by atoms with E-state index in [2.05, 4.69) is 15.4 Å². The fourth-order valence-electron chi connectivity index (χ4n) is 1.80. The number of ether oxygens (including phenoxy) is 1. The monoisotopic (exact) mass is 343 g/mol. The van der Waals surface area contributed by atoms with Gasteiger partial charge in [-0.2, -0.15) is 0 Å². The second kappa shape index (κ2) is 7.93. The van der Waals surface area contributed by atoms with Gasteiger partial charge in [-0.15, -0.1) is 0 Å². The van der Waals surface area contributed by atoms with E-state index in [4.69, 9.17) is 5.14 Å². The molecule has 0 fully saturated rings. The van der Waals surface area contributed by atoms with Crippen LogP contribution in [0.15, 0.2) is 29.2 Å². The minimum Gasteiger partial charge on any atom is -0.467 e. The number of nitrogens with two attached hydrogens (primary N) is 1. The summed E-state index contributed by atoms with van der Waals surface area (Å²) < 4.78 is 26.9. The molecule has 0 aliphatic carbocycles. The number of methoxy groups -OCH3 is 1. The summed E-state index contributed by atoms with van der Waals surface area (Å²) in [6.07, 6.45) is 0. The molecule has 1 atom stereocenters. The van der Waals surface area contributed by atoms with Crippen LogP contribution in [0.3, 0.4) is 0 Å². The average molecular weight is 343 g/mol. The third kappa shape index (κ3) is 5.87. The van der Waals surface area contributed by atoms with Gasteiger partial charge in [0.15, 0.2) is 0 Å². The maximum atomic E-state index is 11.8. The van der Waals surface area contributed by atoms with Gasteiger partial charge in [0.25, 0.3) is 0 Å². The van der Waals surface area contributed by atoms with Crippen molar-refractivity contribution in [2.45, 2.75) is 31.3 Å². The smallest absolute Gasteiger partial charge is 0.328 e. The SMILES string of the molecule is COC(=O)C(NC(=O)NCc1ccc(S(N)(=O)=O)cc1)C(C)C. The number of sulfonamides is 1. The Morgan fingerprint density at radius 1 is 1.22 bits per heavy atom. The summed E-state index contributed by atoms with van der Waals surface area (Å²) in [7, 11) is -2.49. The van der Waals surface area contributed by atoms with Crippen LogP contribution in [0.5, 0.6) is 0 Å². The molecule has 0 aliphatic rings. The molecular weight excluding hydrogens is 322 g/mol.